The van der Waals surface area contributed by atoms with Gasteiger partial charge in [-0.25, -0.2) is 4.79 Å². The van der Waals surface area contributed by atoms with Gasteiger partial charge < -0.3 is 23.9 Å². The third-order valence-corrected chi connectivity index (χ3v) is 5.08. The molecule has 1 heterocycles. The summed E-state index contributed by atoms with van der Waals surface area (Å²) in [7, 11) is 5.26. The zero-order chi connectivity index (χ0) is 21.0. The smallest absolute Gasteiger partial charge is 0.336 e. The van der Waals surface area contributed by atoms with E-state index in [1.165, 1.54) is 12.1 Å². The van der Waals surface area contributed by atoms with Crippen LogP contribution >= 0.6 is 0 Å². The van der Waals surface area contributed by atoms with Crippen molar-refractivity contribution in [1.29, 1.82) is 0 Å². The lowest BCUT2D eigenvalue weighted by Gasteiger charge is -2.18. The highest BCUT2D eigenvalue weighted by molar-refractivity contribution is 5.82. The molecule has 0 saturated carbocycles. The molecule has 6 nitrogen and oxygen atoms in total. The van der Waals surface area contributed by atoms with Crippen molar-refractivity contribution in [3.8, 4) is 17.2 Å². The molecule has 0 bridgehead atoms. The van der Waals surface area contributed by atoms with Gasteiger partial charge in [-0.2, -0.15) is 0 Å². The predicted molar refractivity (Wildman–Crippen MR) is 113 cm³/mol. The number of rotatable bonds is 8. The van der Waals surface area contributed by atoms with E-state index in [1.54, 1.807) is 14.2 Å². The molecule has 0 aliphatic carbocycles. The first-order valence-electron chi connectivity index (χ1n) is 9.63. The zero-order valence-corrected chi connectivity index (χ0v) is 17.3. The Kier molecular flexibility index (Phi) is 6.44. The molecule has 3 aromatic rings. The number of methoxy groups -OCH3 is 2. The van der Waals surface area contributed by atoms with E-state index in [-0.39, 0.29) is 5.75 Å². The minimum Gasteiger partial charge on any atom is -0.508 e. The van der Waals surface area contributed by atoms with Crippen LogP contribution in [0.4, 0.5) is 0 Å². The summed E-state index contributed by atoms with van der Waals surface area (Å²) in [4.78, 5) is 14.1. The number of fused-ring (bicyclic) bond motifs is 1. The van der Waals surface area contributed by atoms with Crippen LogP contribution < -0.4 is 15.1 Å². The molecule has 1 aromatic heterocycles. The molecular weight excluding hydrogens is 370 g/mol. The molecule has 3 rings (SSSR count). The molecule has 1 N–H and O–H groups in total. The van der Waals surface area contributed by atoms with Crippen molar-refractivity contribution in [3.05, 3.63) is 63.5 Å². The van der Waals surface area contributed by atoms with Crippen LogP contribution in [0.2, 0.25) is 0 Å². The summed E-state index contributed by atoms with van der Waals surface area (Å²) in [6.45, 7) is 3.38. The summed E-state index contributed by atoms with van der Waals surface area (Å²) >= 11 is 0. The SMILES string of the molecule is CCc1cc2c(CN(C)CCc3ccc(OC)c(OC)c3)cc(=O)oc2cc1O. The number of ether oxygens (including phenoxy) is 2. The van der Waals surface area contributed by atoms with Crippen molar-refractivity contribution in [1.82, 2.24) is 4.90 Å². The Hall–Kier alpha value is -2.99. The first-order chi connectivity index (χ1) is 13.9. The number of aromatic hydroxyl groups is 1. The van der Waals surface area contributed by atoms with Gasteiger partial charge >= 0.3 is 5.63 Å². The summed E-state index contributed by atoms with van der Waals surface area (Å²) in [5, 5.41) is 10.9. The first kappa shape index (κ1) is 20.7. The van der Waals surface area contributed by atoms with Gasteiger partial charge in [-0.05, 0) is 54.8 Å². The van der Waals surface area contributed by atoms with E-state index in [0.717, 1.165) is 35.0 Å². The van der Waals surface area contributed by atoms with Gasteiger partial charge in [0.1, 0.15) is 11.3 Å². The Labute approximate surface area is 170 Å². The molecule has 0 radical (unpaired) electrons. The summed E-state index contributed by atoms with van der Waals surface area (Å²) in [5.41, 5.74) is 2.87. The maximum atomic E-state index is 12.0. The van der Waals surface area contributed by atoms with Crippen LogP contribution in [0.25, 0.3) is 11.0 Å². The molecule has 0 saturated heterocycles. The highest BCUT2D eigenvalue weighted by Crippen LogP contribution is 2.29. The van der Waals surface area contributed by atoms with Gasteiger partial charge in [0.2, 0.25) is 0 Å². The van der Waals surface area contributed by atoms with Crippen molar-refractivity contribution in [2.45, 2.75) is 26.3 Å². The van der Waals surface area contributed by atoms with E-state index < -0.39 is 5.63 Å². The fourth-order valence-corrected chi connectivity index (χ4v) is 3.45. The third-order valence-electron chi connectivity index (χ3n) is 5.08. The highest BCUT2D eigenvalue weighted by Gasteiger charge is 2.12. The molecule has 154 valence electrons. The van der Waals surface area contributed by atoms with Crippen LogP contribution in [-0.4, -0.2) is 37.8 Å². The predicted octanol–water partition coefficient (Wildman–Crippen LogP) is 3.75. The maximum Gasteiger partial charge on any atom is 0.336 e. The number of hydrogen-bond acceptors (Lipinski definition) is 6. The van der Waals surface area contributed by atoms with E-state index in [2.05, 4.69) is 4.90 Å². The van der Waals surface area contributed by atoms with E-state index in [0.29, 0.717) is 30.0 Å². The second-order valence-electron chi connectivity index (χ2n) is 7.10. The fraction of sp³-hybridized carbons (Fsp3) is 0.348. The van der Waals surface area contributed by atoms with Crippen LogP contribution in [0.15, 0.2) is 45.6 Å². The molecule has 0 amide bonds. The number of hydrogen-bond donors (Lipinski definition) is 1. The van der Waals surface area contributed by atoms with Crippen molar-refractivity contribution in [3.63, 3.8) is 0 Å². The third kappa shape index (κ3) is 4.71. The Balaban J connectivity index is 1.77. The average Bonchev–Trinajstić information content (AvgIpc) is 2.71. The second-order valence-corrected chi connectivity index (χ2v) is 7.10. The van der Waals surface area contributed by atoms with E-state index in [9.17, 15) is 9.90 Å². The van der Waals surface area contributed by atoms with Crippen LogP contribution in [0.1, 0.15) is 23.6 Å². The number of aryl methyl sites for hydroxylation is 1. The van der Waals surface area contributed by atoms with E-state index in [4.69, 9.17) is 13.9 Å². The van der Waals surface area contributed by atoms with E-state index >= 15 is 0 Å². The average molecular weight is 397 g/mol. The molecule has 2 aromatic carbocycles. The molecule has 0 fully saturated rings. The van der Waals surface area contributed by atoms with Crippen molar-refractivity contribution in [2.75, 3.05) is 27.8 Å². The van der Waals surface area contributed by atoms with Gasteiger partial charge in [0.25, 0.3) is 0 Å². The van der Waals surface area contributed by atoms with Gasteiger partial charge in [0.05, 0.1) is 14.2 Å². The lowest BCUT2D eigenvalue weighted by atomic mass is 10.0. The Morgan fingerprint density at radius 3 is 2.48 bits per heavy atom. The Morgan fingerprint density at radius 2 is 1.79 bits per heavy atom. The van der Waals surface area contributed by atoms with Crippen LogP contribution in [-0.2, 0) is 19.4 Å². The monoisotopic (exact) mass is 397 g/mol. The van der Waals surface area contributed by atoms with Gasteiger partial charge in [0.15, 0.2) is 11.5 Å². The van der Waals surface area contributed by atoms with Crippen LogP contribution in [0, 0.1) is 0 Å². The highest BCUT2D eigenvalue weighted by atomic mass is 16.5. The summed E-state index contributed by atoms with van der Waals surface area (Å²) < 4.78 is 15.9. The summed E-state index contributed by atoms with van der Waals surface area (Å²) in [5.74, 6) is 1.58. The van der Waals surface area contributed by atoms with Crippen molar-refractivity contribution >= 4 is 11.0 Å². The Bertz CT molecular complexity index is 1060. The normalized spacial score (nSPS) is 11.2. The number of phenols is 1. The lowest BCUT2D eigenvalue weighted by Crippen LogP contribution is -2.21. The van der Waals surface area contributed by atoms with Gasteiger partial charge in [-0.1, -0.05) is 13.0 Å². The van der Waals surface area contributed by atoms with Gasteiger partial charge in [-0.15, -0.1) is 0 Å². The molecule has 0 spiro atoms. The molecule has 0 aliphatic heterocycles. The fourth-order valence-electron chi connectivity index (χ4n) is 3.45. The number of benzene rings is 2. The largest absolute Gasteiger partial charge is 0.508 e. The number of phenolic OH excluding ortho intramolecular Hbond substituents is 1. The zero-order valence-electron chi connectivity index (χ0n) is 17.3. The summed E-state index contributed by atoms with van der Waals surface area (Å²) in [6, 6.07) is 10.9. The van der Waals surface area contributed by atoms with Crippen molar-refractivity contribution < 1.29 is 19.0 Å². The summed E-state index contributed by atoms with van der Waals surface area (Å²) in [6.07, 6.45) is 1.53. The standard InChI is InChI=1S/C23H27NO5/c1-5-16-11-18-17(12-23(26)29-21(18)13-19(16)25)14-24(2)9-8-15-6-7-20(27-3)22(10-15)28-4/h6-7,10-13,25H,5,8-9,14H2,1-4H3. The number of nitrogens with zero attached hydrogens (tertiary/aromatic N) is 1. The van der Waals surface area contributed by atoms with Crippen LogP contribution in [0.5, 0.6) is 17.2 Å². The lowest BCUT2D eigenvalue weighted by molar-refractivity contribution is 0.330. The van der Waals surface area contributed by atoms with E-state index in [1.807, 2.05) is 38.2 Å². The minimum atomic E-state index is -0.413. The molecule has 0 atom stereocenters. The minimum absolute atomic E-state index is 0.155. The first-order valence-corrected chi connectivity index (χ1v) is 9.63. The quantitative estimate of drug-likeness (QED) is 0.584. The van der Waals surface area contributed by atoms with Crippen molar-refractivity contribution in [2.24, 2.45) is 0 Å². The Morgan fingerprint density at radius 1 is 1.03 bits per heavy atom. The molecule has 29 heavy (non-hydrogen) atoms. The topological polar surface area (TPSA) is 72.1 Å². The molecule has 0 aliphatic rings. The van der Waals surface area contributed by atoms with Crippen LogP contribution in [0.3, 0.4) is 0 Å². The number of likely N-dealkylation sites (N-methyl/N-ethyl adjacent to an activating group) is 1. The molecule has 0 unspecified atom stereocenters. The molecular formula is C23H27NO5. The van der Waals surface area contributed by atoms with Gasteiger partial charge in [0, 0.05) is 30.6 Å². The second kappa shape index (κ2) is 9.01. The molecule has 6 heteroatoms. The van der Waals surface area contributed by atoms with Gasteiger partial charge in [-0.3, -0.25) is 0 Å². The maximum absolute atomic E-state index is 12.0.